The third-order valence-electron chi connectivity index (χ3n) is 3.60. The monoisotopic (exact) mass is 266 g/mol. The van der Waals surface area contributed by atoms with E-state index in [4.69, 9.17) is 5.73 Å². The van der Waals surface area contributed by atoms with Gasteiger partial charge in [0.25, 0.3) is 0 Å². The van der Waals surface area contributed by atoms with Crippen molar-refractivity contribution in [2.45, 2.75) is 12.5 Å². The lowest BCUT2D eigenvalue weighted by atomic mass is 9.91. The minimum Gasteiger partial charge on any atom is -0.367 e. The third-order valence-corrected chi connectivity index (χ3v) is 3.60. The van der Waals surface area contributed by atoms with E-state index >= 15 is 0 Å². The van der Waals surface area contributed by atoms with Gasteiger partial charge in [0.15, 0.2) is 5.65 Å². The SMILES string of the molecule is CC(C(N)=O)(c1ccccc1)n1cnc2cccnc21. The zero-order valence-corrected chi connectivity index (χ0v) is 11.0. The zero-order chi connectivity index (χ0) is 14.2. The van der Waals surface area contributed by atoms with Gasteiger partial charge in [0.1, 0.15) is 11.1 Å². The summed E-state index contributed by atoms with van der Waals surface area (Å²) in [5.41, 5.74) is 6.82. The van der Waals surface area contributed by atoms with Crippen molar-refractivity contribution in [3.05, 3.63) is 60.6 Å². The van der Waals surface area contributed by atoms with Crippen LogP contribution in [0.3, 0.4) is 0 Å². The first-order valence-corrected chi connectivity index (χ1v) is 6.28. The number of nitrogens with two attached hydrogens (primary N) is 1. The van der Waals surface area contributed by atoms with Crippen LogP contribution in [-0.4, -0.2) is 20.4 Å². The average Bonchev–Trinajstić information content (AvgIpc) is 2.91. The van der Waals surface area contributed by atoms with Crippen molar-refractivity contribution in [1.29, 1.82) is 0 Å². The minimum absolute atomic E-state index is 0.450. The maximum Gasteiger partial charge on any atom is 0.248 e. The summed E-state index contributed by atoms with van der Waals surface area (Å²) < 4.78 is 1.72. The number of imidazole rings is 1. The van der Waals surface area contributed by atoms with E-state index < -0.39 is 11.4 Å². The van der Waals surface area contributed by atoms with E-state index in [0.29, 0.717) is 5.65 Å². The summed E-state index contributed by atoms with van der Waals surface area (Å²) in [6, 6.07) is 13.1. The minimum atomic E-state index is -1.02. The molecule has 0 aliphatic heterocycles. The van der Waals surface area contributed by atoms with E-state index in [9.17, 15) is 4.79 Å². The van der Waals surface area contributed by atoms with Gasteiger partial charge >= 0.3 is 0 Å². The molecule has 1 amide bonds. The van der Waals surface area contributed by atoms with Crippen LogP contribution in [0.5, 0.6) is 0 Å². The maximum absolute atomic E-state index is 12.1. The smallest absolute Gasteiger partial charge is 0.248 e. The van der Waals surface area contributed by atoms with Gasteiger partial charge in [-0.25, -0.2) is 9.97 Å². The number of hydrogen-bond donors (Lipinski definition) is 1. The number of carbonyl (C=O) groups excluding carboxylic acids is 1. The highest BCUT2D eigenvalue weighted by molar-refractivity contribution is 5.88. The van der Waals surface area contributed by atoms with Gasteiger partial charge in [-0.05, 0) is 24.6 Å². The van der Waals surface area contributed by atoms with Crippen molar-refractivity contribution >= 4 is 17.1 Å². The summed E-state index contributed by atoms with van der Waals surface area (Å²) in [4.78, 5) is 20.7. The standard InChI is InChI=1S/C15H14N4O/c1-15(14(16)20,11-6-3-2-4-7-11)19-10-18-12-8-5-9-17-13(12)19/h2-10H,1H3,(H2,16,20). The van der Waals surface area contributed by atoms with Gasteiger partial charge < -0.3 is 5.73 Å². The number of rotatable bonds is 3. The zero-order valence-electron chi connectivity index (χ0n) is 11.0. The summed E-state index contributed by atoms with van der Waals surface area (Å²) in [6.45, 7) is 1.78. The maximum atomic E-state index is 12.1. The van der Waals surface area contributed by atoms with Crippen LogP contribution in [0.25, 0.3) is 11.2 Å². The van der Waals surface area contributed by atoms with Crippen LogP contribution in [0, 0.1) is 0 Å². The van der Waals surface area contributed by atoms with Gasteiger partial charge in [0.05, 0.1) is 6.33 Å². The second-order valence-electron chi connectivity index (χ2n) is 4.76. The van der Waals surface area contributed by atoms with Crippen molar-refractivity contribution in [2.24, 2.45) is 5.73 Å². The van der Waals surface area contributed by atoms with E-state index in [1.165, 1.54) is 0 Å². The summed E-state index contributed by atoms with van der Waals surface area (Å²) in [6.07, 6.45) is 3.28. The largest absolute Gasteiger partial charge is 0.367 e. The van der Waals surface area contributed by atoms with Crippen LogP contribution in [-0.2, 0) is 10.3 Å². The molecule has 5 nitrogen and oxygen atoms in total. The lowest BCUT2D eigenvalue weighted by Gasteiger charge is -2.28. The number of amides is 1. The molecule has 3 rings (SSSR count). The van der Waals surface area contributed by atoms with Crippen molar-refractivity contribution in [1.82, 2.24) is 14.5 Å². The molecule has 20 heavy (non-hydrogen) atoms. The second-order valence-corrected chi connectivity index (χ2v) is 4.76. The van der Waals surface area contributed by atoms with E-state index in [1.807, 2.05) is 42.5 Å². The quantitative estimate of drug-likeness (QED) is 0.783. The average molecular weight is 266 g/mol. The van der Waals surface area contributed by atoms with Crippen molar-refractivity contribution < 1.29 is 4.79 Å². The van der Waals surface area contributed by atoms with Crippen LogP contribution in [0.2, 0.25) is 0 Å². The first kappa shape index (κ1) is 12.3. The lowest BCUT2D eigenvalue weighted by molar-refractivity contribution is -0.123. The highest BCUT2D eigenvalue weighted by Gasteiger charge is 2.36. The molecule has 0 fully saturated rings. The highest BCUT2D eigenvalue weighted by Crippen LogP contribution is 2.28. The Morgan fingerprint density at radius 2 is 1.90 bits per heavy atom. The van der Waals surface area contributed by atoms with Gasteiger partial charge in [0.2, 0.25) is 5.91 Å². The Bertz CT molecular complexity index is 766. The molecule has 0 aliphatic rings. The number of nitrogens with zero attached hydrogens (tertiary/aromatic N) is 3. The normalized spacial score (nSPS) is 14.1. The molecular weight excluding hydrogens is 252 g/mol. The molecule has 1 unspecified atom stereocenters. The van der Waals surface area contributed by atoms with Crippen molar-refractivity contribution in [2.75, 3.05) is 0 Å². The van der Waals surface area contributed by atoms with Crippen LogP contribution < -0.4 is 5.73 Å². The molecule has 2 aromatic heterocycles. The Morgan fingerprint density at radius 1 is 1.15 bits per heavy atom. The van der Waals surface area contributed by atoms with E-state index in [1.54, 1.807) is 24.0 Å². The molecule has 0 aliphatic carbocycles. The number of hydrogen-bond acceptors (Lipinski definition) is 3. The summed E-state index contributed by atoms with van der Waals surface area (Å²) in [5, 5.41) is 0. The van der Waals surface area contributed by atoms with Gasteiger partial charge in [-0.3, -0.25) is 9.36 Å². The topological polar surface area (TPSA) is 73.8 Å². The van der Waals surface area contributed by atoms with Crippen molar-refractivity contribution in [3.63, 3.8) is 0 Å². The summed E-state index contributed by atoms with van der Waals surface area (Å²) in [7, 11) is 0. The Balaban J connectivity index is 2.29. The fourth-order valence-electron chi connectivity index (χ4n) is 2.34. The molecule has 0 saturated carbocycles. The van der Waals surface area contributed by atoms with Gasteiger partial charge in [-0.15, -0.1) is 0 Å². The molecule has 2 heterocycles. The fraction of sp³-hybridized carbons (Fsp3) is 0.133. The first-order valence-electron chi connectivity index (χ1n) is 6.28. The second kappa shape index (κ2) is 4.45. The van der Waals surface area contributed by atoms with E-state index in [2.05, 4.69) is 9.97 Å². The predicted molar refractivity (Wildman–Crippen MR) is 75.9 cm³/mol. The van der Waals surface area contributed by atoms with Crippen LogP contribution in [0.15, 0.2) is 55.0 Å². The molecule has 0 saturated heterocycles. The number of fused-ring (bicyclic) bond motifs is 1. The number of carbonyl (C=O) groups is 1. The third kappa shape index (κ3) is 1.67. The molecule has 0 radical (unpaired) electrons. The highest BCUT2D eigenvalue weighted by atomic mass is 16.1. The van der Waals surface area contributed by atoms with Gasteiger partial charge in [-0.2, -0.15) is 0 Å². The summed E-state index contributed by atoms with van der Waals surface area (Å²) >= 11 is 0. The van der Waals surface area contributed by atoms with E-state index in [0.717, 1.165) is 11.1 Å². The van der Waals surface area contributed by atoms with Crippen LogP contribution >= 0.6 is 0 Å². The number of aromatic nitrogens is 3. The molecule has 100 valence electrons. The van der Waals surface area contributed by atoms with Crippen LogP contribution in [0.4, 0.5) is 0 Å². The first-order chi connectivity index (χ1) is 9.64. The Kier molecular flexibility index (Phi) is 2.75. The molecular formula is C15H14N4O. The molecule has 5 heteroatoms. The molecule has 0 spiro atoms. The number of pyridine rings is 1. The Hall–Kier alpha value is -2.69. The van der Waals surface area contributed by atoms with Gasteiger partial charge in [0, 0.05) is 6.20 Å². The Morgan fingerprint density at radius 3 is 2.60 bits per heavy atom. The molecule has 1 aromatic carbocycles. The number of benzene rings is 1. The van der Waals surface area contributed by atoms with Gasteiger partial charge in [-0.1, -0.05) is 30.3 Å². The number of primary amides is 1. The van der Waals surface area contributed by atoms with Crippen molar-refractivity contribution in [3.8, 4) is 0 Å². The Labute approximate surface area is 116 Å². The fourth-order valence-corrected chi connectivity index (χ4v) is 2.34. The lowest BCUT2D eigenvalue weighted by Crippen LogP contribution is -2.44. The molecule has 1 atom stereocenters. The molecule has 2 N–H and O–H groups in total. The molecule has 0 bridgehead atoms. The predicted octanol–water partition coefficient (Wildman–Crippen LogP) is 1.68. The molecule has 3 aromatic rings. The van der Waals surface area contributed by atoms with Crippen LogP contribution in [0.1, 0.15) is 12.5 Å². The van der Waals surface area contributed by atoms with E-state index in [-0.39, 0.29) is 0 Å². The summed E-state index contributed by atoms with van der Waals surface area (Å²) in [5.74, 6) is -0.450.